The van der Waals surface area contributed by atoms with Crippen LogP contribution in [0.3, 0.4) is 0 Å². The van der Waals surface area contributed by atoms with Crippen molar-refractivity contribution in [3.63, 3.8) is 0 Å². The molecule has 0 spiro atoms. The minimum atomic E-state index is -0.708. The summed E-state index contributed by atoms with van der Waals surface area (Å²) in [5, 5.41) is 6.91. The number of ether oxygens (including phenoxy) is 2. The van der Waals surface area contributed by atoms with Gasteiger partial charge in [0.15, 0.2) is 12.4 Å². The highest BCUT2D eigenvalue weighted by Crippen LogP contribution is 2.20. The standard InChI is InChI=1S/C17H21N3O4/c1-4-12(2)18-15(21)11-24-17(22)16-14(23-3)10-20(19-16)13-8-6-5-7-9-13/h5-10,12H,4,11H2,1-3H3,(H,18,21)/t12-/m0/s1. The Bertz CT molecular complexity index is 697. The smallest absolute Gasteiger partial charge is 0.363 e. The summed E-state index contributed by atoms with van der Waals surface area (Å²) in [5.41, 5.74) is 0.807. The molecule has 0 fully saturated rings. The van der Waals surface area contributed by atoms with Crippen LogP contribution in [0.25, 0.3) is 5.69 Å². The van der Waals surface area contributed by atoms with Crippen LogP contribution in [0.1, 0.15) is 30.8 Å². The van der Waals surface area contributed by atoms with E-state index in [1.54, 1.807) is 6.20 Å². The Morgan fingerprint density at radius 1 is 1.29 bits per heavy atom. The van der Waals surface area contributed by atoms with E-state index in [9.17, 15) is 9.59 Å². The summed E-state index contributed by atoms with van der Waals surface area (Å²) in [6.07, 6.45) is 2.39. The number of nitrogens with one attached hydrogen (secondary N) is 1. The lowest BCUT2D eigenvalue weighted by Gasteiger charge is -2.11. The van der Waals surface area contributed by atoms with Gasteiger partial charge in [0, 0.05) is 6.04 Å². The molecule has 7 nitrogen and oxygen atoms in total. The van der Waals surface area contributed by atoms with Crippen LogP contribution in [0, 0.1) is 0 Å². The Labute approximate surface area is 140 Å². The molecule has 0 unspecified atom stereocenters. The van der Waals surface area contributed by atoms with E-state index in [4.69, 9.17) is 9.47 Å². The van der Waals surface area contributed by atoms with Gasteiger partial charge in [-0.25, -0.2) is 9.48 Å². The van der Waals surface area contributed by atoms with Crippen LogP contribution in [-0.4, -0.2) is 41.4 Å². The first-order valence-electron chi connectivity index (χ1n) is 7.70. The molecule has 1 N–H and O–H groups in total. The Balaban J connectivity index is 2.06. The predicted octanol–water partition coefficient (Wildman–Crippen LogP) is 1.95. The summed E-state index contributed by atoms with van der Waals surface area (Å²) in [6.45, 7) is 3.48. The van der Waals surface area contributed by atoms with Gasteiger partial charge in [-0.3, -0.25) is 4.79 Å². The van der Waals surface area contributed by atoms with Gasteiger partial charge in [-0.05, 0) is 25.5 Å². The minimum absolute atomic E-state index is 0.0256. The Morgan fingerprint density at radius 3 is 2.62 bits per heavy atom. The summed E-state index contributed by atoms with van der Waals surface area (Å²) in [6, 6.07) is 9.34. The molecule has 2 rings (SSSR count). The van der Waals surface area contributed by atoms with Crippen LogP contribution in [0.2, 0.25) is 0 Å². The number of carbonyl (C=O) groups excluding carboxylic acids is 2. The lowest BCUT2D eigenvalue weighted by molar-refractivity contribution is -0.124. The predicted molar refractivity (Wildman–Crippen MR) is 88.3 cm³/mol. The summed E-state index contributed by atoms with van der Waals surface area (Å²) in [5.74, 6) is -0.772. The van der Waals surface area contributed by atoms with Crippen LogP contribution < -0.4 is 10.1 Å². The van der Waals surface area contributed by atoms with Gasteiger partial charge in [-0.2, -0.15) is 5.10 Å². The number of aromatic nitrogens is 2. The van der Waals surface area contributed by atoms with Crippen molar-refractivity contribution in [1.82, 2.24) is 15.1 Å². The molecule has 0 radical (unpaired) electrons. The van der Waals surface area contributed by atoms with Gasteiger partial charge < -0.3 is 14.8 Å². The molecule has 1 heterocycles. The molecule has 0 aliphatic rings. The SMILES string of the molecule is CC[C@H](C)NC(=O)COC(=O)c1nn(-c2ccccc2)cc1OC. The Morgan fingerprint density at radius 2 is 2.00 bits per heavy atom. The second-order valence-corrected chi connectivity index (χ2v) is 5.28. The van der Waals surface area contributed by atoms with E-state index in [1.807, 2.05) is 44.2 Å². The van der Waals surface area contributed by atoms with Gasteiger partial charge in [-0.1, -0.05) is 25.1 Å². The number of carbonyl (C=O) groups is 2. The van der Waals surface area contributed by atoms with Crippen LogP contribution in [-0.2, 0) is 9.53 Å². The molecule has 1 aromatic heterocycles. The Kier molecular flexibility index (Phi) is 5.95. The molecule has 0 saturated heterocycles. The van der Waals surface area contributed by atoms with Gasteiger partial charge in [0.25, 0.3) is 5.91 Å². The molecule has 1 amide bonds. The van der Waals surface area contributed by atoms with Gasteiger partial charge in [0.2, 0.25) is 5.69 Å². The maximum atomic E-state index is 12.2. The molecule has 24 heavy (non-hydrogen) atoms. The molecule has 0 aliphatic heterocycles. The highest BCUT2D eigenvalue weighted by molar-refractivity contribution is 5.92. The number of hydrogen-bond acceptors (Lipinski definition) is 5. The average Bonchev–Trinajstić information content (AvgIpc) is 3.04. The first-order chi connectivity index (χ1) is 11.5. The van der Waals surface area contributed by atoms with E-state index in [0.717, 1.165) is 12.1 Å². The minimum Gasteiger partial charge on any atom is -0.493 e. The number of methoxy groups -OCH3 is 1. The van der Waals surface area contributed by atoms with Gasteiger partial charge >= 0.3 is 5.97 Å². The number of nitrogens with zero attached hydrogens (tertiary/aromatic N) is 2. The highest BCUT2D eigenvalue weighted by atomic mass is 16.5. The summed E-state index contributed by atoms with van der Waals surface area (Å²) < 4.78 is 11.7. The fourth-order valence-corrected chi connectivity index (χ4v) is 1.98. The number of para-hydroxylation sites is 1. The first kappa shape index (κ1) is 17.5. The molecule has 0 bridgehead atoms. The molecule has 128 valence electrons. The number of hydrogen-bond donors (Lipinski definition) is 1. The largest absolute Gasteiger partial charge is 0.493 e. The first-order valence-corrected chi connectivity index (χ1v) is 7.70. The zero-order chi connectivity index (χ0) is 17.5. The van der Waals surface area contributed by atoms with Crippen molar-refractivity contribution in [2.75, 3.05) is 13.7 Å². The van der Waals surface area contributed by atoms with E-state index >= 15 is 0 Å². The van der Waals surface area contributed by atoms with Crippen molar-refractivity contribution in [1.29, 1.82) is 0 Å². The van der Waals surface area contributed by atoms with Crippen LogP contribution >= 0.6 is 0 Å². The van der Waals surface area contributed by atoms with Crippen molar-refractivity contribution in [3.8, 4) is 11.4 Å². The van der Waals surface area contributed by atoms with Crippen LogP contribution in [0.4, 0.5) is 0 Å². The van der Waals surface area contributed by atoms with Crippen LogP contribution in [0.15, 0.2) is 36.5 Å². The fraction of sp³-hybridized carbons (Fsp3) is 0.353. The summed E-state index contributed by atoms with van der Waals surface area (Å²) in [7, 11) is 1.44. The van der Waals surface area contributed by atoms with Crippen molar-refractivity contribution in [3.05, 3.63) is 42.2 Å². The monoisotopic (exact) mass is 331 g/mol. The second-order valence-electron chi connectivity index (χ2n) is 5.28. The van der Waals surface area contributed by atoms with E-state index in [2.05, 4.69) is 10.4 Å². The van der Waals surface area contributed by atoms with Crippen molar-refractivity contribution in [2.24, 2.45) is 0 Å². The van der Waals surface area contributed by atoms with Crippen molar-refractivity contribution >= 4 is 11.9 Å². The summed E-state index contributed by atoms with van der Waals surface area (Å²) in [4.78, 5) is 23.9. The number of rotatable bonds is 7. The number of amides is 1. The average molecular weight is 331 g/mol. The molecule has 1 atom stereocenters. The van der Waals surface area contributed by atoms with E-state index in [1.165, 1.54) is 11.8 Å². The molecular formula is C17H21N3O4. The number of esters is 1. The Hall–Kier alpha value is -2.83. The maximum Gasteiger partial charge on any atom is 0.363 e. The molecule has 0 aliphatic carbocycles. The maximum absolute atomic E-state index is 12.2. The third-order valence-corrected chi connectivity index (χ3v) is 3.47. The fourth-order valence-electron chi connectivity index (χ4n) is 1.98. The molecule has 0 saturated carbocycles. The zero-order valence-electron chi connectivity index (χ0n) is 14.0. The summed E-state index contributed by atoms with van der Waals surface area (Å²) >= 11 is 0. The van der Waals surface area contributed by atoms with Gasteiger partial charge in [-0.15, -0.1) is 0 Å². The normalized spacial score (nSPS) is 11.6. The molecule has 1 aromatic carbocycles. The second kappa shape index (κ2) is 8.14. The quantitative estimate of drug-likeness (QED) is 0.784. The van der Waals surface area contributed by atoms with Crippen molar-refractivity contribution < 1.29 is 19.1 Å². The van der Waals surface area contributed by atoms with Crippen molar-refractivity contribution in [2.45, 2.75) is 26.3 Å². The molecule has 7 heteroatoms. The lowest BCUT2D eigenvalue weighted by Crippen LogP contribution is -2.35. The van der Waals surface area contributed by atoms with E-state index in [-0.39, 0.29) is 30.0 Å². The van der Waals surface area contributed by atoms with Gasteiger partial charge in [0.1, 0.15) is 0 Å². The zero-order valence-corrected chi connectivity index (χ0v) is 14.0. The molecule has 2 aromatic rings. The highest BCUT2D eigenvalue weighted by Gasteiger charge is 2.21. The van der Waals surface area contributed by atoms with Gasteiger partial charge in [0.05, 0.1) is 19.0 Å². The van der Waals surface area contributed by atoms with E-state index in [0.29, 0.717) is 0 Å². The molecular weight excluding hydrogens is 310 g/mol. The third-order valence-electron chi connectivity index (χ3n) is 3.47. The lowest BCUT2D eigenvalue weighted by atomic mass is 10.2. The topological polar surface area (TPSA) is 82.5 Å². The number of benzene rings is 1. The van der Waals surface area contributed by atoms with E-state index < -0.39 is 5.97 Å². The third kappa shape index (κ3) is 4.34. The van der Waals surface area contributed by atoms with Crippen LogP contribution in [0.5, 0.6) is 5.75 Å².